The highest BCUT2D eigenvalue weighted by Crippen LogP contribution is 2.21. The van der Waals surface area contributed by atoms with Crippen LogP contribution in [0.5, 0.6) is 0 Å². The number of anilines is 1. The summed E-state index contributed by atoms with van der Waals surface area (Å²) in [5.74, 6) is -0.285. The first-order valence-corrected chi connectivity index (χ1v) is 4.55. The van der Waals surface area contributed by atoms with Crippen molar-refractivity contribution in [1.82, 2.24) is 9.97 Å². The van der Waals surface area contributed by atoms with Gasteiger partial charge in [0.25, 0.3) is 0 Å². The summed E-state index contributed by atoms with van der Waals surface area (Å²) in [5.41, 5.74) is 0. The third-order valence-corrected chi connectivity index (χ3v) is 2.35. The summed E-state index contributed by atoms with van der Waals surface area (Å²) in [7, 11) is 0. The number of hydrogen-bond donors (Lipinski definition) is 1. The van der Waals surface area contributed by atoms with Crippen molar-refractivity contribution in [2.24, 2.45) is 0 Å². The van der Waals surface area contributed by atoms with Crippen molar-refractivity contribution in [3.05, 3.63) is 18.5 Å². The van der Waals surface area contributed by atoms with E-state index in [1.165, 1.54) is 0 Å². The van der Waals surface area contributed by atoms with E-state index in [1.54, 1.807) is 23.4 Å². The Hall–Kier alpha value is -1.36. The van der Waals surface area contributed by atoms with Crippen LogP contribution in [0.4, 0.5) is 5.95 Å². The van der Waals surface area contributed by atoms with E-state index in [-0.39, 0.29) is 12.4 Å². The van der Waals surface area contributed by atoms with Gasteiger partial charge in [-0.25, -0.2) is 14.8 Å². The van der Waals surface area contributed by atoms with Gasteiger partial charge >= 0.3 is 5.97 Å². The molecule has 1 aromatic rings. The van der Waals surface area contributed by atoms with Crippen LogP contribution in [0, 0.1) is 0 Å². The molecule has 1 aliphatic rings. The molecule has 1 aliphatic heterocycles. The Bertz CT molecular complexity index is 333. The fourth-order valence-electron chi connectivity index (χ4n) is 1.70. The van der Waals surface area contributed by atoms with Crippen LogP contribution in [-0.2, 0) is 4.79 Å². The van der Waals surface area contributed by atoms with E-state index in [4.69, 9.17) is 5.11 Å². The van der Waals surface area contributed by atoms with Crippen LogP contribution in [0.2, 0.25) is 0 Å². The number of rotatable bonds is 2. The lowest BCUT2D eigenvalue weighted by Gasteiger charge is -2.20. The van der Waals surface area contributed by atoms with Crippen LogP contribution < -0.4 is 4.90 Å². The zero-order valence-electron chi connectivity index (χ0n) is 8.04. The molecule has 1 unspecified atom stereocenters. The number of carbonyl (C=O) groups is 1. The molecule has 1 N–H and O–H groups in total. The van der Waals surface area contributed by atoms with E-state index in [0.717, 1.165) is 13.0 Å². The molecule has 0 aliphatic carbocycles. The van der Waals surface area contributed by atoms with E-state index >= 15 is 0 Å². The molecular formula is C9H12ClN3O2. The summed E-state index contributed by atoms with van der Waals surface area (Å²) in [6.45, 7) is 0.723. The Kier molecular flexibility index (Phi) is 3.85. The summed E-state index contributed by atoms with van der Waals surface area (Å²) >= 11 is 0. The Morgan fingerprint density at radius 1 is 1.47 bits per heavy atom. The van der Waals surface area contributed by atoms with Gasteiger partial charge in [0.2, 0.25) is 5.95 Å². The molecule has 0 spiro atoms. The van der Waals surface area contributed by atoms with Crippen molar-refractivity contribution in [1.29, 1.82) is 0 Å². The van der Waals surface area contributed by atoms with Gasteiger partial charge in [0, 0.05) is 18.9 Å². The molecule has 0 radical (unpaired) electrons. The number of carboxylic acids is 1. The first kappa shape index (κ1) is 11.7. The lowest BCUT2D eigenvalue weighted by Crippen LogP contribution is -2.36. The standard InChI is InChI=1S/C9H11N3O2.ClH/c13-8(14)7-3-1-6-12(7)9-10-4-2-5-11-9;/h2,4-5,7H,1,3,6H2,(H,13,14);1H. The monoisotopic (exact) mass is 229 g/mol. The summed E-state index contributed by atoms with van der Waals surface area (Å²) in [6.07, 6.45) is 4.81. The molecule has 0 bridgehead atoms. The molecule has 82 valence electrons. The van der Waals surface area contributed by atoms with Gasteiger partial charge in [-0.2, -0.15) is 0 Å². The summed E-state index contributed by atoms with van der Waals surface area (Å²) in [6, 6.07) is 1.26. The second-order valence-corrected chi connectivity index (χ2v) is 3.24. The molecule has 6 heteroatoms. The summed E-state index contributed by atoms with van der Waals surface area (Å²) in [4.78, 5) is 20.7. The van der Waals surface area contributed by atoms with Crippen molar-refractivity contribution in [2.75, 3.05) is 11.4 Å². The SMILES string of the molecule is Cl.O=C(O)C1CCCN1c1ncccn1. The van der Waals surface area contributed by atoms with Gasteiger partial charge in [0.05, 0.1) is 0 Å². The molecule has 0 aromatic carbocycles. The predicted octanol–water partition coefficient (Wildman–Crippen LogP) is 0.952. The van der Waals surface area contributed by atoms with Gasteiger partial charge in [-0.05, 0) is 18.9 Å². The van der Waals surface area contributed by atoms with E-state index in [1.807, 2.05) is 0 Å². The summed E-state index contributed by atoms with van der Waals surface area (Å²) in [5, 5.41) is 8.95. The molecule has 15 heavy (non-hydrogen) atoms. The average Bonchev–Trinajstić information content (AvgIpc) is 2.67. The fraction of sp³-hybridized carbons (Fsp3) is 0.444. The number of halogens is 1. The maximum absolute atomic E-state index is 10.9. The first-order chi connectivity index (χ1) is 6.79. The molecule has 2 heterocycles. The van der Waals surface area contributed by atoms with Gasteiger partial charge < -0.3 is 10.0 Å². The number of aromatic nitrogens is 2. The number of hydrogen-bond acceptors (Lipinski definition) is 4. The van der Waals surface area contributed by atoms with E-state index < -0.39 is 12.0 Å². The maximum Gasteiger partial charge on any atom is 0.326 e. The van der Waals surface area contributed by atoms with E-state index in [0.29, 0.717) is 12.4 Å². The van der Waals surface area contributed by atoms with Crippen molar-refractivity contribution >= 4 is 24.3 Å². The van der Waals surface area contributed by atoms with E-state index in [2.05, 4.69) is 9.97 Å². The Morgan fingerprint density at radius 2 is 2.13 bits per heavy atom. The minimum atomic E-state index is -0.796. The normalized spacial score (nSPS) is 19.7. The minimum Gasteiger partial charge on any atom is -0.480 e. The molecule has 1 atom stereocenters. The van der Waals surface area contributed by atoms with Crippen LogP contribution in [0.1, 0.15) is 12.8 Å². The van der Waals surface area contributed by atoms with Crippen molar-refractivity contribution in [3.63, 3.8) is 0 Å². The zero-order chi connectivity index (χ0) is 9.97. The largest absolute Gasteiger partial charge is 0.480 e. The van der Waals surface area contributed by atoms with Crippen molar-refractivity contribution < 1.29 is 9.90 Å². The first-order valence-electron chi connectivity index (χ1n) is 4.55. The van der Waals surface area contributed by atoms with Gasteiger partial charge in [0.15, 0.2) is 0 Å². The molecule has 2 rings (SSSR count). The van der Waals surface area contributed by atoms with Crippen molar-refractivity contribution in [3.8, 4) is 0 Å². The third kappa shape index (κ3) is 2.36. The highest BCUT2D eigenvalue weighted by molar-refractivity contribution is 5.85. The number of nitrogens with zero attached hydrogens (tertiary/aromatic N) is 3. The van der Waals surface area contributed by atoms with Crippen LogP contribution in [-0.4, -0.2) is 33.6 Å². The topological polar surface area (TPSA) is 66.3 Å². The average molecular weight is 230 g/mol. The maximum atomic E-state index is 10.9. The lowest BCUT2D eigenvalue weighted by atomic mass is 10.2. The number of carboxylic acid groups (broad SMARTS) is 1. The molecule has 0 amide bonds. The predicted molar refractivity (Wildman–Crippen MR) is 57.3 cm³/mol. The summed E-state index contributed by atoms with van der Waals surface area (Å²) < 4.78 is 0. The molecule has 1 aromatic heterocycles. The highest BCUT2D eigenvalue weighted by atomic mass is 35.5. The zero-order valence-corrected chi connectivity index (χ0v) is 8.85. The lowest BCUT2D eigenvalue weighted by molar-refractivity contribution is -0.138. The smallest absolute Gasteiger partial charge is 0.326 e. The minimum absolute atomic E-state index is 0. The van der Waals surface area contributed by atoms with Crippen LogP contribution in [0.3, 0.4) is 0 Å². The molecule has 1 saturated heterocycles. The number of aliphatic carboxylic acids is 1. The van der Waals surface area contributed by atoms with Crippen LogP contribution in [0.25, 0.3) is 0 Å². The second kappa shape index (κ2) is 4.93. The van der Waals surface area contributed by atoms with Gasteiger partial charge in [-0.15, -0.1) is 12.4 Å². The second-order valence-electron chi connectivity index (χ2n) is 3.24. The fourth-order valence-corrected chi connectivity index (χ4v) is 1.70. The van der Waals surface area contributed by atoms with Gasteiger partial charge in [0.1, 0.15) is 6.04 Å². The Morgan fingerprint density at radius 3 is 2.73 bits per heavy atom. The highest BCUT2D eigenvalue weighted by Gasteiger charge is 2.31. The Labute approximate surface area is 93.6 Å². The van der Waals surface area contributed by atoms with Crippen LogP contribution in [0.15, 0.2) is 18.5 Å². The molecule has 0 saturated carbocycles. The quantitative estimate of drug-likeness (QED) is 0.818. The van der Waals surface area contributed by atoms with E-state index in [9.17, 15) is 4.79 Å². The third-order valence-electron chi connectivity index (χ3n) is 2.35. The van der Waals surface area contributed by atoms with Gasteiger partial charge in [-0.3, -0.25) is 0 Å². The molecule has 1 fully saturated rings. The Balaban J connectivity index is 0.00000112. The molecular weight excluding hydrogens is 218 g/mol. The van der Waals surface area contributed by atoms with Gasteiger partial charge in [-0.1, -0.05) is 0 Å². The van der Waals surface area contributed by atoms with Crippen LogP contribution >= 0.6 is 12.4 Å². The molecule has 5 nitrogen and oxygen atoms in total. The van der Waals surface area contributed by atoms with Crippen molar-refractivity contribution in [2.45, 2.75) is 18.9 Å².